The van der Waals surface area contributed by atoms with Gasteiger partial charge < -0.3 is 9.67 Å². The molecule has 4 heteroatoms. The summed E-state index contributed by atoms with van der Waals surface area (Å²) in [4.78, 5) is 6.30. The summed E-state index contributed by atoms with van der Waals surface area (Å²) in [6.07, 6.45) is 3.79. The maximum atomic E-state index is 8.72. The van der Waals surface area contributed by atoms with Gasteiger partial charge in [0.15, 0.2) is 0 Å². The molecule has 0 radical (unpaired) electrons. The molecular weight excluding hydrogens is 166 g/mol. The number of aliphatic hydroxyl groups excluding tert-OH is 1. The molecule has 0 aliphatic heterocycles. The Morgan fingerprint density at radius 1 is 1.62 bits per heavy atom. The van der Waals surface area contributed by atoms with Crippen molar-refractivity contribution in [2.45, 2.75) is 20.0 Å². The number of hydrogen-bond acceptors (Lipinski definition) is 3. The van der Waals surface area contributed by atoms with Gasteiger partial charge in [-0.3, -0.25) is 4.90 Å². The zero-order valence-corrected chi connectivity index (χ0v) is 8.27. The number of likely N-dealkylation sites (N-methyl/N-ethyl adjacent to an activating group) is 1. The van der Waals surface area contributed by atoms with Gasteiger partial charge in [-0.2, -0.15) is 0 Å². The Morgan fingerprint density at radius 2 is 2.38 bits per heavy atom. The van der Waals surface area contributed by atoms with Crippen LogP contribution in [-0.2, 0) is 13.1 Å². The lowest BCUT2D eigenvalue weighted by molar-refractivity contribution is 0.213. The van der Waals surface area contributed by atoms with Crippen LogP contribution in [0.25, 0.3) is 0 Å². The average molecular weight is 183 g/mol. The summed E-state index contributed by atoms with van der Waals surface area (Å²) in [7, 11) is 1.98. The number of rotatable bonds is 5. The van der Waals surface area contributed by atoms with E-state index in [-0.39, 0.29) is 6.61 Å². The van der Waals surface area contributed by atoms with Gasteiger partial charge in [0.05, 0.1) is 13.2 Å². The molecule has 0 aliphatic carbocycles. The average Bonchev–Trinajstić information content (AvgIpc) is 2.52. The lowest BCUT2D eigenvalue weighted by Crippen LogP contribution is -2.23. The van der Waals surface area contributed by atoms with Gasteiger partial charge in [0, 0.05) is 25.5 Å². The smallest absolute Gasteiger partial charge is 0.122 e. The first-order chi connectivity index (χ1) is 6.27. The minimum absolute atomic E-state index is 0.198. The van der Waals surface area contributed by atoms with Gasteiger partial charge in [-0.1, -0.05) is 0 Å². The number of aromatic nitrogens is 2. The summed E-state index contributed by atoms with van der Waals surface area (Å²) < 4.78 is 2.11. The lowest BCUT2D eigenvalue weighted by atomic mass is 10.5. The van der Waals surface area contributed by atoms with Crippen LogP contribution in [0.15, 0.2) is 12.4 Å². The van der Waals surface area contributed by atoms with Crippen molar-refractivity contribution in [2.75, 3.05) is 20.2 Å². The van der Waals surface area contributed by atoms with Crippen LogP contribution in [0, 0.1) is 0 Å². The molecule has 0 saturated carbocycles. The van der Waals surface area contributed by atoms with E-state index >= 15 is 0 Å². The summed E-state index contributed by atoms with van der Waals surface area (Å²) in [5.41, 5.74) is 0. The zero-order valence-electron chi connectivity index (χ0n) is 8.27. The van der Waals surface area contributed by atoms with Crippen molar-refractivity contribution >= 4 is 0 Å². The van der Waals surface area contributed by atoms with Crippen LogP contribution in [0.1, 0.15) is 12.7 Å². The molecule has 0 aromatic carbocycles. The van der Waals surface area contributed by atoms with Crippen LogP contribution >= 0.6 is 0 Å². The van der Waals surface area contributed by atoms with E-state index < -0.39 is 0 Å². The minimum atomic E-state index is 0.198. The van der Waals surface area contributed by atoms with Crippen LogP contribution in [0.4, 0.5) is 0 Å². The molecule has 0 saturated heterocycles. The van der Waals surface area contributed by atoms with Crippen LogP contribution in [-0.4, -0.2) is 39.8 Å². The minimum Gasteiger partial charge on any atom is -0.395 e. The third-order valence-electron chi connectivity index (χ3n) is 2.04. The molecule has 1 aromatic heterocycles. The van der Waals surface area contributed by atoms with Gasteiger partial charge in [0.25, 0.3) is 0 Å². The van der Waals surface area contributed by atoms with Crippen molar-refractivity contribution in [3.63, 3.8) is 0 Å². The zero-order chi connectivity index (χ0) is 9.68. The van der Waals surface area contributed by atoms with E-state index in [4.69, 9.17) is 5.11 Å². The molecule has 1 heterocycles. The normalized spacial score (nSPS) is 11.1. The molecule has 0 atom stereocenters. The van der Waals surface area contributed by atoms with Crippen molar-refractivity contribution in [1.82, 2.24) is 14.5 Å². The van der Waals surface area contributed by atoms with Crippen LogP contribution in [0.2, 0.25) is 0 Å². The van der Waals surface area contributed by atoms with E-state index in [2.05, 4.69) is 21.4 Å². The maximum absolute atomic E-state index is 8.72. The van der Waals surface area contributed by atoms with E-state index in [1.165, 1.54) is 0 Å². The highest BCUT2D eigenvalue weighted by atomic mass is 16.3. The van der Waals surface area contributed by atoms with Crippen LogP contribution in [0.3, 0.4) is 0 Å². The number of nitrogens with zero attached hydrogens (tertiary/aromatic N) is 3. The fourth-order valence-electron chi connectivity index (χ4n) is 1.27. The number of imidazole rings is 1. The third-order valence-corrected chi connectivity index (χ3v) is 2.04. The molecule has 0 bridgehead atoms. The van der Waals surface area contributed by atoms with Crippen molar-refractivity contribution in [3.05, 3.63) is 18.2 Å². The molecule has 0 spiro atoms. The van der Waals surface area contributed by atoms with Crippen molar-refractivity contribution in [2.24, 2.45) is 0 Å². The summed E-state index contributed by atoms with van der Waals surface area (Å²) in [5, 5.41) is 8.72. The Kier molecular flexibility index (Phi) is 3.92. The molecular formula is C9H17N3O. The Labute approximate surface area is 78.8 Å². The molecule has 1 rings (SSSR count). The quantitative estimate of drug-likeness (QED) is 0.715. The van der Waals surface area contributed by atoms with Gasteiger partial charge >= 0.3 is 0 Å². The van der Waals surface area contributed by atoms with E-state index in [0.29, 0.717) is 6.54 Å². The predicted octanol–water partition coefficient (Wildman–Crippen LogP) is 0.327. The van der Waals surface area contributed by atoms with E-state index in [1.807, 2.05) is 19.4 Å². The Bertz CT molecular complexity index is 247. The first-order valence-corrected chi connectivity index (χ1v) is 4.57. The summed E-state index contributed by atoms with van der Waals surface area (Å²) in [5.74, 6) is 1.05. The lowest BCUT2D eigenvalue weighted by Gasteiger charge is -2.14. The van der Waals surface area contributed by atoms with Gasteiger partial charge in [-0.15, -0.1) is 0 Å². The SMILES string of the molecule is CCn1ccnc1CN(C)CCO. The second-order valence-electron chi connectivity index (χ2n) is 3.09. The standard InChI is InChI=1S/C9H17N3O/c1-3-12-5-4-10-9(12)8-11(2)6-7-13/h4-5,13H,3,6-8H2,1-2H3. The van der Waals surface area contributed by atoms with E-state index in [0.717, 1.165) is 18.9 Å². The third kappa shape index (κ3) is 2.82. The van der Waals surface area contributed by atoms with E-state index in [9.17, 15) is 0 Å². The van der Waals surface area contributed by atoms with Crippen LogP contribution < -0.4 is 0 Å². The van der Waals surface area contributed by atoms with Crippen LogP contribution in [0.5, 0.6) is 0 Å². The largest absolute Gasteiger partial charge is 0.395 e. The molecule has 0 fully saturated rings. The van der Waals surface area contributed by atoms with Crippen molar-refractivity contribution in [1.29, 1.82) is 0 Å². The first kappa shape index (κ1) is 10.2. The monoisotopic (exact) mass is 183 g/mol. The highest BCUT2D eigenvalue weighted by molar-refractivity contribution is 4.91. The fraction of sp³-hybridized carbons (Fsp3) is 0.667. The number of aryl methyl sites for hydroxylation is 1. The van der Waals surface area contributed by atoms with Gasteiger partial charge in [-0.05, 0) is 14.0 Å². The first-order valence-electron chi connectivity index (χ1n) is 4.57. The topological polar surface area (TPSA) is 41.3 Å². The highest BCUT2D eigenvalue weighted by Gasteiger charge is 2.04. The molecule has 0 aliphatic rings. The highest BCUT2D eigenvalue weighted by Crippen LogP contribution is 2.00. The van der Waals surface area contributed by atoms with E-state index in [1.54, 1.807) is 0 Å². The number of aliphatic hydroxyl groups is 1. The Balaban J connectivity index is 2.52. The Morgan fingerprint density at radius 3 is 3.00 bits per heavy atom. The van der Waals surface area contributed by atoms with Crippen molar-refractivity contribution in [3.8, 4) is 0 Å². The molecule has 0 amide bonds. The van der Waals surface area contributed by atoms with Gasteiger partial charge in [-0.25, -0.2) is 4.98 Å². The number of hydrogen-bond donors (Lipinski definition) is 1. The summed E-state index contributed by atoms with van der Waals surface area (Å²) in [6.45, 7) is 4.72. The molecule has 13 heavy (non-hydrogen) atoms. The fourth-order valence-corrected chi connectivity index (χ4v) is 1.27. The van der Waals surface area contributed by atoms with Gasteiger partial charge in [0.2, 0.25) is 0 Å². The second-order valence-corrected chi connectivity index (χ2v) is 3.09. The molecule has 1 aromatic rings. The molecule has 0 unspecified atom stereocenters. The summed E-state index contributed by atoms with van der Waals surface area (Å²) >= 11 is 0. The molecule has 74 valence electrons. The van der Waals surface area contributed by atoms with Crippen molar-refractivity contribution < 1.29 is 5.11 Å². The maximum Gasteiger partial charge on any atom is 0.122 e. The molecule has 4 nitrogen and oxygen atoms in total. The molecule has 1 N–H and O–H groups in total. The second kappa shape index (κ2) is 4.99. The predicted molar refractivity (Wildman–Crippen MR) is 51.3 cm³/mol. The van der Waals surface area contributed by atoms with Gasteiger partial charge in [0.1, 0.15) is 5.82 Å². The Hall–Kier alpha value is -0.870. The summed E-state index contributed by atoms with van der Waals surface area (Å²) in [6, 6.07) is 0.